The van der Waals surface area contributed by atoms with Gasteiger partial charge in [0.25, 0.3) is 0 Å². The largest absolute Gasteiger partial charge is 0.329 e. The minimum absolute atomic E-state index is 0.372. The van der Waals surface area contributed by atoms with E-state index in [0.717, 1.165) is 11.5 Å². The first-order valence-electron chi connectivity index (χ1n) is 5.65. The van der Waals surface area contributed by atoms with Crippen molar-refractivity contribution >= 4 is 11.5 Å². The molecule has 4 nitrogen and oxygen atoms in total. The van der Waals surface area contributed by atoms with Gasteiger partial charge < -0.3 is 4.90 Å². The summed E-state index contributed by atoms with van der Waals surface area (Å²) < 4.78 is 0. The quantitative estimate of drug-likeness (QED) is 0.807. The van der Waals surface area contributed by atoms with Crippen LogP contribution in [0.1, 0.15) is 16.8 Å². The first kappa shape index (κ1) is 12.1. The molecule has 0 atom stereocenters. The van der Waals surface area contributed by atoms with Gasteiger partial charge in [-0.2, -0.15) is 5.26 Å². The van der Waals surface area contributed by atoms with Crippen LogP contribution in [0.25, 0.3) is 0 Å². The molecule has 0 radical (unpaired) electrons. The van der Waals surface area contributed by atoms with Crippen LogP contribution < -0.4 is 4.90 Å². The molecule has 0 saturated carbocycles. The zero-order chi connectivity index (χ0) is 13.1. The van der Waals surface area contributed by atoms with E-state index in [9.17, 15) is 0 Å². The SMILES string of the molecule is Cc1ccc(C)c(N(C)c2cc(C#N)ncn2)c1. The fraction of sp³-hybridized carbons (Fsp3) is 0.214. The fourth-order valence-corrected chi connectivity index (χ4v) is 1.80. The van der Waals surface area contributed by atoms with Gasteiger partial charge in [-0.1, -0.05) is 12.1 Å². The van der Waals surface area contributed by atoms with E-state index >= 15 is 0 Å². The summed E-state index contributed by atoms with van der Waals surface area (Å²) in [6, 6.07) is 9.96. The molecule has 1 aromatic heterocycles. The highest BCUT2D eigenvalue weighted by molar-refractivity contribution is 5.64. The third kappa shape index (κ3) is 2.30. The number of hydrogen-bond donors (Lipinski definition) is 0. The van der Waals surface area contributed by atoms with Gasteiger partial charge in [-0.25, -0.2) is 9.97 Å². The van der Waals surface area contributed by atoms with Crippen LogP contribution in [-0.4, -0.2) is 17.0 Å². The van der Waals surface area contributed by atoms with Gasteiger partial charge in [0.1, 0.15) is 23.9 Å². The number of rotatable bonds is 2. The van der Waals surface area contributed by atoms with Gasteiger partial charge in [0.15, 0.2) is 0 Å². The van der Waals surface area contributed by atoms with E-state index in [0.29, 0.717) is 5.69 Å². The summed E-state index contributed by atoms with van der Waals surface area (Å²) in [6.07, 6.45) is 1.41. The summed E-state index contributed by atoms with van der Waals surface area (Å²) in [4.78, 5) is 10.0. The molecule has 2 rings (SSSR count). The first-order chi connectivity index (χ1) is 8.61. The number of benzene rings is 1. The molecular formula is C14H14N4. The number of aromatic nitrogens is 2. The molecule has 0 fully saturated rings. The van der Waals surface area contributed by atoms with Crippen molar-refractivity contribution in [3.05, 3.63) is 47.4 Å². The number of hydrogen-bond acceptors (Lipinski definition) is 4. The summed E-state index contributed by atoms with van der Waals surface area (Å²) in [5.41, 5.74) is 3.81. The van der Waals surface area contributed by atoms with Crippen molar-refractivity contribution in [1.82, 2.24) is 9.97 Å². The molecular weight excluding hydrogens is 224 g/mol. The van der Waals surface area contributed by atoms with E-state index < -0.39 is 0 Å². The predicted molar refractivity (Wildman–Crippen MR) is 70.7 cm³/mol. The molecule has 1 aromatic carbocycles. The van der Waals surface area contributed by atoms with Crippen molar-refractivity contribution in [2.45, 2.75) is 13.8 Å². The highest BCUT2D eigenvalue weighted by Gasteiger charge is 2.09. The van der Waals surface area contributed by atoms with Crippen molar-refractivity contribution in [3.63, 3.8) is 0 Å². The average molecular weight is 238 g/mol. The second-order valence-corrected chi connectivity index (χ2v) is 4.22. The van der Waals surface area contributed by atoms with E-state index in [-0.39, 0.29) is 0 Å². The van der Waals surface area contributed by atoms with Gasteiger partial charge >= 0.3 is 0 Å². The third-order valence-electron chi connectivity index (χ3n) is 2.84. The molecule has 0 unspecified atom stereocenters. The minimum Gasteiger partial charge on any atom is -0.329 e. The molecule has 0 aliphatic carbocycles. The zero-order valence-electron chi connectivity index (χ0n) is 10.7. The van der Waals surface area contributed by atoms with Gasteiger partial charge in [0, 0.05) is 18.8 Å². The predicted octanol–water partition coefficient (Wildman–Crippen LogP) is 2.73. The molecule has 18 heavy (non-hydrogen) atoms. The Bertz CT molecular complexity index is 613. The number of nitriles is 1. The Kier molecular flexibility index (Phi) is 3.24. The van der Waals surface area contributed by atoms with Gasteiger partial charge in [0.05, 0.1) is 0 Å². The summed E-state index contributed by atoms with van der Waals surface area (Å²) in [5.74, 6) is 0.718. The van der Waals surface area contributed by atoms with Crippen LogP contribution in [0.15, 0.2) is 30.6 Å². The molecule has 0 N–H and O–H groups in total. The summed E-state index contributed by atoms with van der Waals surface area (Å²) in [6.45, 7) is 4.11. The molecule has 0 spiro atoms. The molecule has 4 heteroatoms. The van der Waals surface area contributed by atoms with Crippen molar-refractivity contribution in [2.24, 2.45) is 0 Å². The molecule has 0 aliphatic rings. The van der Waals surface area contributed by atoms with Crippen molar-refractivity contribution in [1.29, 1.82) is 5.26 Å². The van der Waals surface area contributed by atoms with E-state index in [1.807, 2.05) is 18.0 Å². The van der Waals surface area contributed by atoms with Gasteiger partial charge in [-0.05, 0) is 31.0 Å². The molecule has 0 aliphatic heterocycles. The molecule has 90 valence electrons. The first-order valence-corrected chi connectivity index (χ1v) is 5.65. The van der Waals surface area contributed by atoms with Crippen LogP contribution in [0, 0.1) is 25.2 Å². The second-order valence-electron chi connectivity index (χ2n) is 4.22. The standard InChI is InChI=1S/C14H14N4/c1-10-4-5-11(2)13(6-10)18(3)14-7-12(8-15)16-9-17-14/h4-7,9H,1-3H3. The Morgan fingerprint density at radius 3 is 2.67 bits per heavy atom. The number of nitrogens with zero attached hydrogens (tertiary/aromatic N) is 4. The molecule has 0 saturated heterocycles. The maximum Gasteiger partial charge on any atom is 0.145 e. The third-order valence-corrected chi connectivity index (χ3v) is 2.84. The lowest BCUT2D eigenvalue weighted by Crippen LogP contribution is -2.13. The Morgan fingerprint density at radius 1 is 1.17 bits per heavy atom. The summed E-state index contributed by atoms with van der Waals surface area (Å²) >= 11 is 0. The topological polar surface area (TPSA) is 52.8 Å². The Balaban J connectivity index is 2.44. The zero-order valence-corrected chi connectivity index (χ0v) is 10.7. The summed E-state index contributed by atoms with van der Waals surface area (Å²) in [7, 11) is 1.94. The van der Waals surface area contributed by atoms with E-state index in [4.69, 9.17) is 5.26 Å². The van der Waals surface area contributed by atoms with Crippen LogP contribution in [0.2, 0.25) is 0 Å². The summed E-state index contributed by atoms with van der Waals surface area (Å²) in [5, 5.41) is 8.85. The molecule has 2 aromatic rings. The van der Waals surface area contributed by atoms with Crippen LogP contribution in [0.4, 0.5) is 11.5 Å². The van der Waals surface area contributed by atoms with Crippen molar-refractivity contribution < 1.29 is 0 Å². The maximum atomic E-state index is 8.85. The lowest BCUT2D eigenvalue weighted by Gasteiger charge is -2.20. The van der Waals surface area contributed by atoms with Crippen LogP contribution in [-0.2, 0) is 0 Å². The molecule has 0 amide bonds. The van der Waals surface area contributed by atoms with E-state index in [1.54, 1.807) is 6.07 Å². The van der Waals surface area contributed by atoms with Crippen LogP contribution >= 0.6 is 0 Å². The molecule has 0 bridgehead atoms. The number of anilines is 2. The highest BCUT2D eigenvalue weighted by Crippen LogP contribution is 2.26. The maximum absolute atomic E-state index is 8.85. The van der Waals surface area contributed by atoms with Gasteiger partial charge in [-0.15, -0.1) is 0 Å². The van der Waals surface area contributed by atoms with E-state index in [2.05, 4.69) is 42.0 Å². The lowest BCUT2D eigenvalue weighted by atomic mass is 10.1. The van der Waals surface area contributed by atoms with Crippen LogP contribution in [0.5, 0.6) is 0 Å². The second kappa shape index (κ2) is 4.84. The molecule has 1 heterocycles. The monoisotopic (exact) mass is 238 g/mol. The Morgan fingerprint density at radius 2 is 1.94 bits per heavy atom. The van der Waals surface area contributed by atoms with E-state index in [1.165, 1.54) is 17.5 Å². The lowest BCUT2D eigenvalue weighted by molar-refractivity contribution is 1.06. The normalized spacial score (nSPS) is 9.89. The van der Waals surface area contributed by atoms with Crippen LogP contribution in [0.3, 0.4) is 0 Å². The Hall–Kier alpha value is -2.41. The Labute approximate surface area is 107 Å². The van der Waals surface area contributed by atoms with Gasteiger partial charge in [-0.3, -0.25) is 0 Å². The van der Waals surface area contributed by atoms with Crippen molar-refractivity contribution in [3.8, 4) is 6.07 Å². The average Bonchev–Trinajstić information content (AvgIpc) is 2.41. The minimum atomic E-state index is 0.372. The van der Waals surface area contributed by atoms with Crippen molar-refractivity contribution in [2.75, 3.05) is 11.9 Å². The number of aryl methyl sites for hydroxylation is 2. The smallest absolute Gasteiger partial charge is 0.145 e. The fourth-order valence-electron chi connectivity index (χ4n) is 1.80. The highest BCUT2D eigenvalue weighted by atomic mass is 15.2. The van der Waals surface area contributed by atoms with Gasteiger partial charge in [0.2, 0.25) is 0 Å².